The van der Waals surface area contributed by atoms with Gasteiger partial charge in [0.15, 0.2) is 0 Å². The molecule has 0 bridgehead atoms. The Morgan fingerprint density at radius 1 is 1.38 bits per heavy atom. The molecule has 0 aliphatic carbocycles. The van der Waals surface area contributed by atoms with E-state index in [4.69, 9.17) is 8.56 Å². The average molecular weight is 397 g/mol. The number of aliphatic hydroxyl groups is 1. The average Bonchev–Trinajstić information content (AvgIpc) is 2.93. The Morgan fingerprint density at radius 3 is 2.88 bits per heavy atom. The molecule has 1 saturated heterocycles. The molecule has 1 aliphatic rings. The van der Waals surface area contributed by atoms with Crippen molar-refractivity contribution >= 4 is 19.7 Å². The molecule has 24 heavy (non-hydrogen) atoms. The summed E-state index contributed by atoms with van der Waals surface area (Å²) in [6.45, 7) is 1.87. The van der Waals surface area contributed by atoms with Gasteiger partial charge in [-0.05, 0) is 0 Å². The fourth-order valence-corrected chi connectivity index (χ4v) is 3.75. The summed E-state index contributed by atoms with van der Waals surface area (Å²) in [4.78, 5) is 25.6. The van der Waals surface area contributed by atoms with Gasteiger partial charge < -0.3 is 0 Å². The number of hydrogen-bond donors (Lipinski definition) is 2. The van der Waals surface area contributed by atoms with Crippen molar-refractivity contribution in [3.8, 4) is 0 Å². The van der Waals surface area contributed by atoms with E-state index < -0.39 is 29.7 Å². The van der Waals surface area contributed by atoms with E-state index in [1.165, 1.54) is 10.8 Å². The molecule has 7 nitrogen and oxygen atoms in total. The summed E-state index contributed by atoms with van der Waals surface area (Å²) >= 11 is -0.159. The zero-order valence-corrected chi connectivity index (χ0v) is 14.8. The SMILES string of the molecule is Cc1cn([C@H]2C[C@H](O)[C@@H](CO[Se]c3ccccc3)O2)c(=O)[nH]c1=O. The molecule has 1 aromatic heterocycles. The Kier molecular flexibility index (Phi) is 5.33. The van der Waals surface area contributed by atoms with Crippen LogP contribution in [0.15, 0.2) is 46.1 Å². The van der Waals surface area contributed by atoms with Crippen molar-refractivity contribution in [1.82, 2.24) is 9.55 Å². The maximum atomic E-state index is 11.9. The van der Waals surface area contributed by atoms with Crippen LogP contribution >= 0.6 is 0 Å². The number of nitrogens with one attached hydrogen (secondary N) is 1. The van der Waals surface area contributed by atoms with Gasteiger partial charge in [0, 0.05) is 0 Å². The Morgan fingerprint density at radius 2 is 2.12 bits per heavy atom. The molecule has 3 rings (SSSR count). The summed E-state index contributed by atoms with van der Waals surface area (Å²) in [5, 5.41) is 10.1. The molecular weight excluding hydrogens is 379 g/mol. The standard InChI is InChI=1S/C16H18N2O5Se/c1-10-8-18(16(21)17-15(10)20)14-7-12(19)13(23-14)9-22-24-11-5-3-2-4-6-11/h2-6,8,12-14,19H,7,9H2,1H3,(H,17,20,21)/t12-,13+,14+/m0/s1. The van der Waals surface area contributed by atoms with Crippen molar-refractivity contribution in [3.05, 3.63) is 62.9 Å². The van der Waals surface area contributed by atoms with E-state index in [0.717, 1.165) is 4.46 Å². The second kappa shape index (κ2) is 7.46. The van der Waals surface area contributed by atoms with Crippen molar-refractivity contribution in [2.45, 2.75) is 31.8 Å². The first kappa shape index (κ1) is 17.1. The molecule has 1 aromatic carbocycles. The van der Waals surface area contributed by atoms with Crippen molar-refractivity contribution in [3.63, 3.8) is 0 Å². The first-order valence-electron chi connectivity index (χ1n) is 7.54. The van der Waals surface area contributed by atoms with E-state index >= 15 is 0 Å². The van der Waals surface area contributed by atoms with Gasteiger partial charge in [-0.3, -0.25) is 0 Å². The van der Waals surface area contributed by atoms with Crippen LogP contribution in [-0.4, -0.2) is 48.8 Å². The molecule has 0 amide bonds. The van der Waals surface area contributed by atoms with Gasteiger partial charge in [0.25, 0.3) is 0 Å². The van der Waals surface area contributed by atoms with Crippen LogP contribution in [0, 0.1) is 6.92 Å². The Balaban J connectivity index is 1.61. The molecule has 3 atom stereocenters. The Bertz CT molecular complexity index is 804. The summed E-state index contributed by atoms with van der Waals surface area (Å²) < 4.78 is 13.8. The van der Waals surface area contributed by atoms with E-state index in [0.29, 0.717) is 5.56 Å². The van der Waals surface area contributed by atoms with E-state index in [1.807, 2.05) is 30.3 Å². The summed E-state index contributed by atoms with van der Waals surface area (Å²) in [6.07, 6.45) is -0.103. The first-order valence-corrected chi connectivity index (χ1v) is 9.10. The molecule has 2 aromatic rings. The summed E-state index contributed by atoms with van der Waals surface area (Å²) in [6, 6.07) is 9.80. The maximum absolute atomic E-state index is 11.9. The van der Waals surface area contributed by atoms with E-state index in [-0.39, 0.29) is 28.3 Å². The number of aromatic nitrogens is 2. The summed E-state index contributed by atoms with van der Waals surface area (Å²) in [5.41, 5.74) is -0.544. The van der Waals surface area contributed by atoms with Crippen LogP contribution in [0.25, 0.3) is 0 Å². The monoisotopic (exact) mass is 398 g/mol. The van der Waals surface area contributed by atoms with Crippen molar-refractivity contribution < 1.29 is 13.7 Å². The topological polar surface area (TPSA) is 93.6 Å². The van der Waals surface area contributed by atoms with E-state index in [1.54, 1.807) is 6.92 Å². The minimum absolute atomic E-state index is 0.159. The molecule has 2 N–H and O–H groups in total. The number of hydrogen-bond acceptors (Lipinski definition) is 5. The number of nitrogens with zero attached hydrogens (tertiary/aromatic N) is 1. The van der Waals surface area contributed by atoms with Gasteiger partial charge in [0.2, 0.25) is 0 Å². The molecule has 1 fully saturated rings. The summed E-state index contributed by atoms with van der Waals surface area (Å²) in [5.74, 6) is 0. The van der Waals surface area contributed by atoms with Gasteiger partial charge in [0.05, 0.1) is 0 Å². The molecular formula is C16H18N2O5Se. The molecule has 1 aliphatic heterocycles. The normalized spacial score (nSPS) is 23.5. The van der Waals surface area contributed by atoms with Crippen LogP contribution in [-0.2, 0) is 8.56 Å². The number of aliphatic hydroxyl groups excluding tert-OH is 1. The van der Waals surface area contributed by atoms with Crippen molar-refractivity contribution in [2.75, 3.05) is 6.61 Å². The molecule has 0 radical (unpaired) electrons. The number of aryl methyl sites for hydroxylation is 1. The van der Waals surface area contributed by atoms with Crippen molar-refractivity contribution in [1.29, 1.82) is 0 Å². The number of ether oxygens (including phenoxy) is 1. The quantitative estimate of drug-likeness (QED) is 0.661. The number of rotatable bonds is 5. The molecule has 8 heteroatoms. The molecule has 0 saturated carbocycles. The summed E-state index contributed by atoms with van der Waals surface area (Å²) in [7, 11) is 0. The molecule has 0 unspecified atom stereocenters. The van der Waals surface area contributed by atoms with Gasteiger partial charge in [-0.1, -0.05) is 0 Å². The number of aromatic amines is 1. The second-order valence-electron chi connectivity index (χ2n) is 5.59. The third-order valence-corrected chi connectivity index (χ3v) is 5.30. The molecule has 0 spiro atoms. The van der Waals surface area contributed by atoms with Crippen molar-refractivity contribution in [2.24, 2.45) is 0 Å². The number of H-pyrrole nitrogens is 1. The fourth-order valence-electron chi connectivity index (χ4n) is 2.48. The Hall–Kier alpha value is -1.70. The third kappa shape index (κ3) is 3.85. The van der Waals surface area contributed by atoms with Crippen LogP contribution in [0.3, 0.4) is 0 Å². The van der Waals surface area contributed by atoms with Gasteiger partial charge in [-0.2, -0.15) is 0 Å². The predicted molar refractivity (Wildman–Crippen MR) is 88.4 cm³/mol. The van der Waals surface area contributed by atoms with E-state index in [9.17, 15) is 14.7 Å². The molecule has 128 valence electrons. The van der Waals surface area contributed by atoms with Crippen LogP contribution in [0.5, 0.6) is 0 Å². The van der Waals surface area contributed by atoms with Gasteiger partial charge in [0.1, 0.15) is 0 Å². The number of benzene rings is 1. The van der Waals surface area contributed by atoms with Crippen LogP contribution in [0.2, 0.25) is 0 Å². The van der Waals surface area contributed by atoms with Gasteiger partial charge in [-0.15, -0.1) is 0 Å². The van der Waals surface area contributed by atoms with Crippen LogP contribution < -0.4 is 15.7 Å². The van der Waals surface area contributed by atoms with E-state index in [2.05, 4.69) is 4.98 Å². The predicted octanol–water partition coefficient (Wildman–Crippen LogP) is -0.545. The Labute approximate surface area is 144 Å². The zero-order chi connectivity index (χ0) is 17.1. The van der Waals surface area contributed by atoms with Gasteiger partial charge >= 0.3 is 144 Å². The van der Waals surface area contributed by atoms with Gasteiger partial charge in [-0.25, -0.2) is 0 Å². The fraction of sp³-hybridized carbons (Fsp3) is 0.375. The first-order chi connectivity index (χ1) is 11.5. The zero-order valence-electron chi connectivity index (χ0n) is 13.0. The third-order valence-electron chi connectivity index (χ3n) is 3.79. The van der Waals surface area contributed by atoms with Crippen LogP contribution in [0.4, 0.5) is 0 Å². The molecule has 2 heterocycles. The second-order valence-corrected chi connectivity index (χ2v) is 7.43. The minimum atomic E-state index is -0.722. The van der Waals surface area contributed by atoms with Crippen LogP contribution in [0.1, 0.15) is 18.2 Å².